The van der Waals surface area contributed by atoms with Crippen molar-refractivity contribution in [3.63, 3.8) is 0 Å². The van der Waals surface area contributed by atoms with E-state index >= 15 is 0 Å². The highest BCUT2D eigenvalue weighted by Crippen LogP contribution is 2.65. The lowest BCUT2D eigenvalue weighted by Crippen LogP contribution is -2.38. The minimum absolute atomic E-state index is 0.794. The summed E-state index contributed by atoms with van der Waals surface area (Å²) < 4.78 is 14.1. The van der Waals surface area contributed by atoms with Gasteiger partial charge in [-0.3, -0.25) is 0 Å². The maximum atomic E-state index is 7.16. The van der Waals surface area contributed by atoms with E-state index in [9.17, 15) is 0 Å². The topological polar surface area (TPSA) is 24.9 Å². The molecule has 0 fully saturated rings. The first-order valence-electron chi connectivity index (χ1n) is 17.9. The Morgan fingerprint density at radius 1 is 0.302 bits per heavy atom. The van der Waals surface area contributed by atoms with Crippen LogP contribution in [-0.2, 0) is 5.41 Å². The lowest BCUT2D eigenvalue weighted by atomic mass is 9.61. The standard InChI is InChI=1S/C49H34N2O2/c1-5-19-35(20-6-1)50(36-21-7-2-8-22-36)42-30-18-34-46-47(42)49(39-27-13-15-32-44(39)52-46)40-28-14-16-33-45(40)53-48-41(49)29-17-31-43(48)51(37-23-9-3-10-24-37)38-25-11-4-12-26-38/h1-34H. The highest BCUT2D eigenvalue weighted by molar-refractivity contribution is 5.90. The molecule has 8 aromatic carbocycles. The van der Waals surface area contributed by atoms with E-state index in [4.69, 9.17) is 9.47 Å². The molecular weight excluding hydrogens is 649 g/mol. The smallest absolute Gasteiger partial charge is 0.156 e. The molecule has 1 unspecified atom stereocenters. The number of fused-ring (bicyclic) bond motifs is 8. The third-order valence-corrected chi connectivity index (χ3v) is 10.3. The summed E-state index contributed by atoms with van der Waals surface area (Å²) in [6.07, 6.45) is 0. The Labute approximate surface area is 309 Å². The van der Waals surface area contributed by atoms with Crippen molar-refractivity contribution >= 4 is 34.1 Å². The molecule has 0 aliphatic carbocycles. The Bertz CT molecular complexity index is 2480. The monoisotopic (exact) mass is 682 g/mol. The van der Waals surface area contributed by atoms with Gasteiger partial charge in [0.05, 0.1) is 16.8 Å². The van der Waals surface area contributed by atoms with Crippen LogP contribution in [0, 0.1) is 0 Å². The second-order valence-electron chi connectivity index (χ2n) is 13.3. The quantitative estimate of drug-likeness (QED) is 0.174. The highest BCUT2D eigenvalue weighted by Gasteiger charge is 2.53. The van der Waals surface area contributed by atoms with Crippen molar-refractivity contribution < 1.29 is 9.47 Å². The number of anilines is 6. The summed E-state index contributed by atoms with van der Waals surface area (Å²) in [6, 6.07) is 72.1. The number of rotatable bonds is 6. The van der Waals surface area contributed by atoms with Gasteiger partial charge in [-0.25, -0.2) is 0 Å². The summed E-state index contributed by atoms with van der Waals surface area (Å²) in [7, 11) is 0. The van der Waals surface area contributed by atoms with E-state index in [1.807, 2.05) is 0 Å². The fourth-order valence-corrected chi connectivity index (χ4v) is 8.23. The van der Waals surface area contributed by atoms with Gasteiger partial charge in [-0.15, -0.1) is 0 Å². The highest BCUT2D eigenvalue weighted by atomic mass is 16.5. The molecule has 252 valence electrons. The molecule has 2 aliphatic heterocycles. The molecule has 0 radical (unpaired) electrons. The van der Waals surface area contributed by atoms with Gasteiger partial charge >= 0.3 is 0 Å². The zero-order chi connectivity index (χ0) is 35.2. The first-order chi connectivity index (χ1) is 26.3. The molecule has 0 saturated carbocycles. The van der Waals surface area contributed by atoms with Crippen LogP contribution < -0.4 is 19.3 Å². The summed E-state index contributed by atoms with van der Waals surface area (Å²) in [4.78, 5) is 4.64. The van der Waals surface area contributed by atoms with Crippen molar-refractivity contribution in [2.45, 2.75) is 5.41 Å². The number of hydrogen-bond acceptors (Lipinski definition) is 4. The van der Waals surface area contributed by atoms with E-state index in [0.717, 1.165) is 79.4 Å². The molecule has 1 atom stereocenters. The summed E-state index contributed by atoms with van der Waals surface area (Å²) >= 11 is 0. The SMILES string of the molecule is c1ccc(N(c2ccccc2)c2cccc3c2Oc2ccccc2C32c3ccccc3Oc3cccc(N(c4ccccc4)c4ccccc4)c32)cc1. The summed E-state index contributed by atoms with van der Waals surface area (Å²) in [6.45, 7) is 0. The van der Waals surface area contributed by atoms with E-state index < -0.39 is 5.41 Å². The van der Waals surface area contributed by atoms with E-state index in [1.54, 1.807) is 0 Å². The van der Waals surface area contributed by atoms with Crippen molar-refractivity contribution in [2.75, 3.05) is 9.80 Å². The maximum absolute atomic E-state index is 7.16. The lowest BCUT2D eigenvalue weighted by molar-refractivity contribution is 0.400. The second kappa shape index (κ2) is 12.6. The van der Waals surface area contributed by atoms with Crippen molar-refractivity contribution in [3.8, 4) is 23.0 Å². The largest absolute Gasteiger partial charge is 0.457 e. The number of nitrogens with zero attached hydrogens (tertiary/aromatic N) is 2. The van der Waals surface area contributed by atoms with Gasteiger partial charge in [0.25, 0.3) is 0 Å². The van der Waals surface area contributed by atoms with Crippen LogP contribution >= 0.6 is 0 Å². The molecular formula is C49H34N2O2. The molecule has 2 heterocycles. The zero-order valence-electron chi connectivity index (χ0n) is 28.8. The first-order valence-corrected chi connectivity index (χ1v) is 17.9. The molecule has 4 heteroatoms. The molecule has 8 aromatic rings. The van der Waals surface area contributed by atoms with Crippen LogP contribution in [-0.4, -0.2) is 0 Å². The van der Waals surface area contributed by atoms with E-state index in [0.29, 0.717) is 0 Å². The molecule has 2 aliphatic rings. The minimum Gasteiger partial charge on any atom is -0.457 e. The second-order valence-corrected chi connectivity index (χ2v) is 13.3. The maximum Gasteiger partial charge on any atom is 0.156 e. The fraction of sp³-hybridized carbons (Fsp3) is 0.0204. The molecule has 53 heavy (non-hydrogen) atoms. The van der Waals surface area contributed by atoms with Crippen molar-refractivity contribution in [1.29, 1.82) is 0 Å². The average Bonchev–Trinajstić information content (AvgIpc) is 3.23. The van der Waals surface area contributed by atoms with Gasteiger partial charge in [-0.2, -0.15) is 0 Å². The Balaban J connectivity index is 1.34. The minimum atomic E-state index is -0.832. The fourth-order valence-electron chi connectivity index (χ4n) is 8.23. The van der Waals surface area contributed by atoms with Crippen LogP contribution in [0.4, 0.5) is 34.1 Å². The van der Waals surface area contributed by atoms with Gasteiger partial charge in [0.1, 0.15) is 17.2 Å². The van der Waals surface area contributed by atoms with Crippen LogP contribution in [0.3, 0.4) is 0 Å². The summed E-state index contributed by atoms with van der Waals surface area (Å²) in [5.74, 6) is 3.22. The van der Waals surface area contributed by atoms with Crippen LogP contribution in [0.5, 0.6) is 23.0 Å². The van der Waals surface area contributed by atoms with Crippen LogP contribution in [0.2, 0.25) is 0 Å². The van der Waals surface area contributed by atoms with Crippen molar-refractivity contribution in [1.82, 2.24) is 0 Å². The molecule has 0 saturated heterocycles. The van der Waals surface area contributed by atoms with E-state index in [1.165, 1.54) is 0 Å². The van der Waals surface area contributed by atoms with Crippen molar-refractivity contribution in [3.05, 3.63) is 229 Å². The summed E-state index contributed by atoms with van der Waals surface area (Å²) in [5.41, 5.74) is 9.51. The Morgan fingerprint density at radius 3 is 1.21 bits per heavy atom. The van der Waals surface area contributed by atoms with Crippen LogP contribution in [0.1, 0.15) is 22.3 Å². The Morgan fingerprint density at radius 2 is 0.679 bits per heavy atom. The van der Waals surface area contributed by atoms with Gasteiger partial charge < -0.3 is 19.3 Å². The number of para-hydroxylation sites is 7. The number of benzene rings is 8. The molecule has 4 nitrogen and oxygen atoms in total. The third-order valence-electron chi connectivity index (χ3n) is 10.3. The average molecular weight is 683 g/mol. The van der Waals surface area contributed by atoms with Gasteiger partial charge in [-0.05, 0) is 78.9 Å². The molecule has 0 bridgehead atoms. The molecule has 1 spiro atoms. The number of hydrogen-bond donors (Lipinski definition) is 0. The third kappa shape index (κ3) is 4.84. The lowest BCUT2D eigenvalue weighted by Gasteiger charge is -2.47. The Hall–Kier alpha value is -7.04. The van der Waals surface area contributed by atoms with Gasteiger partial charge in [-0.1, -0.05) is 127 Å². The van der Waals surface area contributed by atoms with E-state index in [2.05, 4.69) is 216 Å². The van der Waals surface area contributed by atoms with Crippen LogP contribution in [0.15, 0.2) is 206 Å². The summed E-state index contributed by atoms with van der Waals surface area (Å²) in [5, 5.41) is 0. The molecule has 10 rings (SSSR count). The molecule has 0 amide bonds. The van der Waals surface area contributed by atoms with E-state index in [-0.39, 0.29) is 0 Å². The molecule has 0 aromatic heterocycles. The predicted molar refractivity (Wildman–Crippen MR) is 214 cm³/mol. The predicted octanol–water partition coefficient (Wildman–Crippen LogP) is 13.2. The van der Waals surface area contributed by atoms with Gasteiger partial charge in [0, 0.05) is 45.0 Å². The van der Waals surface area contributed by atoms with Crippen LogP contribution in [0.25, 0.3) is 0 Å². The Kier molecular flexibility index (Phi) is 7.33. The normalized spacial score (nSPS) is 14.8. The molecule has 0 N–H and O–H groups in total. The van der Waals surface area contributed by atoms with Gasteiger partial charge in [0.15, 0.2) is 5.75 Å². The zero-order valence-corrected chi connectivity index (χ0v) is 28.8. The first kappa shape index (κ1) is 30.8. The van der Waals surface area contributed by atoms with Gasteiger partial charge in [0.2, 0.25) is 0 Å². The number of ether oxygens (including phenoxy) is 2. The van der Waals surface area contributed by atoms with Crippen molar-refractivity contribution in [2.24, 2.45) is 0 Å².